The van der Waals surface area contributed by atoms with E-state index in [-0.39, 0.29) is 11.8 Å². The number of hydrogen-bond acceptors (Lipinski definition) is 5. The highest BCUT2D eigenvalue weighted by Crippen LogP contribution is 2.22. The van der Waals surface area contributed by atoms with Crippen molar-refractivity contribution in [2.24, 2.45) is 0 Å². The van der Waals surface area contributed by atoms with Gasteiger partial charge in [-0.1, -0.05) is 42.5 Å². The minimum Gasteiger partial charge on any atom is -0.369 e. The van der Waals surface area contributed by atoms with Gasteiger partial charge in [0.2, 0.25) is 0 Å². The number of amides is 2. The number of H-pyrrole nitrogens is 1. The van der Waals surface area contributed by atoms with Gasteiger partial charge in [-0.05, 0) is 49.0 Å². The molecule has 3 N–H and O–H groups in total. The number of nitrogens with one attached hydrogen (secondary N) is 3. The van der Waals surface area contributed by atoms with E-state index in [0.717, 1.165) is 48.7 Å². The maximum absolute atomic E-state index is 12.8. The number of carbonyl (C=O) groups excluding carboxylic acids is 2. The Balaban J connectivity index is 1.15. The number of hydrogen-bond donors (Lipinski definition) is 3. The number of rotatable bonds is 7. The molecular weight excluding hydrogens is 464 g/mol. The Morgan fingerprint density at radius 2 is 1.51 bits per heavy atom. The van der Waals surface area contributed by atoms with Gasteiger partial charge >= 0.3 is 0 Å². The van der Waals surface area contributed by atoms with Crippen molar-refractivity contribution >= 4 is 23.3 Å². The second kappa shape index (κ2) is 11.1. The fourth-order valence-electron chi connectivity index (χ4n) is 4.28. The van der Waals surface area contributed by atoms with E-state index in [2.05, 4.69) is 37.7 Å². The van der Waals surface area contributed by atoms with Crippen LogP contribution in [-0.4, -0.2) is 60.1 Å². The van der Waals surface area contributed by atoms with Crippen LogP contribution < -0.4 is 15.5 Å². The van der Waals surface area contributed by atoms with E-state index in [1.54, 1.807) is 12.1 Å². The van der Waals surface area contributed by atoms with Crippen LogP contribution in [-0.2, 0) is 6.54 Å². The van der Waals surface area contributed by atoms with E-state index in [4.69, 9.17) is 0 Å². The lowest BCUT2D eigenvalue weighted by atomic mass is 10.1. The second-order valence-electron chi connectivity index (χ2n) is 9.20. The molecule has 188 valence electrons. The molecule has 0 saturated carbocycles. The average molecular weight is 495 g/mol. The molecule has 5 rings (SSSR count). The summed E-state index contributed by atoms with van der Waals surface area (Å²) < 4.78 is 0. The van der Waals surface area contributed by atoms with E-state index in [9.17, 15) is 9.59 Å². The van der Waals surface area contributed by atoms with Crippen molar-refractivity contribution < 1.29 is 9.59 Å². The molecule has 0 bridgehead atoms. The first-order chi connectivity index (χ1) is 18.0. The standard InChI is InChI=1S/C29H30N6O2/c1-34-15-17-35(18-16-34)25-13-11-24(12-14-25)29(37)31-27-19-26(32-33-27)22-9-7-21(8-10-22)20-30-28(36)23-5-3-2-4-6-23/h2-14,19H,15-18,20H2,1H3,(H,30,36)(H2,31,32,33,37). The Morgan fingerprint density at radius 3 is 2.22 bits per heavy atom. The van der Waals surface area contributed by atoms with Crippen molar-refractivity contribution in [2.45, 2.75) is 6.54 Å². The first kappa shape index (κ1) is 24.3. The third-order valence-corrected chi connectivity index (χ3v) is 6.56. The lowest BCUT2D eigenvalue weighted by molar-refractivity contribution is 0.0950. The maximum Gasteiger partial charge on any atom is 0.256 e. The summed E-state index contributed by atoms with van der Waals surface area (Å²) in [5.41, 5.74) is 4.98. The molecule has 1 fully saturated rings. The quantitative estimate of drug-likeness (QED) is 0.361. The minimum atomic E-state index is -0.190. The first-order valence-electron chi connectivity index (χ1n) is 12.4. The van der Waals surface area contributed by atoms with Crippen molar-refractivity contribution in [3.05, 3.63) is 102 Å². The number of carbonyl (C=O) groups is 2. The van der Waals surface area contributed by atoms with Crippen LogP contribution >= 0.6 is 0 Å². The Labute approximate surface area is 216 Å². The number of piperazine rings is 1. The van der Waals surface area contributed by atoms with Gasteiger partial charge in [0.05, 0.1) is 5.69 Å². The molecule has 0 unspecified atom stereocenters. The van der Waals surface area contributed by atoms with Crippen molar-refractivity contribution in [2.75, 3.05) is 43.4 Å². The number of aromatic nitrogens is 2. The van der Waals surface area contributed by atoms with Crippen LogP contribution in [0.15, 0.2) is 84.9 Å². The summed E-state index contributed by atoms with van der Waals surface area (Å²) >= 11 is 0. The van der Waals surface area contributed by atoms with Crippen molar-refractivity contribution in [1.29, 1.82) is 0 Å². The average Bonchev–Trinajstić information content (AvgIpc) is 3.41. The van der Waals surface area contributed by atoms with E-state index >= 15 is 0 Å². The third-order valence-electron chi connectivity index (χ3n) is 6.56. The highest BCUT2D eigenvalue weighted by molar-refractivity contribution is 6.04. The molecule has 4 aromatic rings. The van der Waals surface area contributed by atoms with Gasteiger partial charge in [0.15, 0.2) is 0 Å². The summed E-state index contributed by atoms with van der Waals surface area (Å²) in [5, 5.41) is 13.0. The van der Waals surface area contributed by atoms with Gasteiger partial charge in [0, 0.05) is 61.2 Å². The maximum atomic E-state index is 12.8. The molecule has 1 saturated heterocycles. The molecule has 0 aliphatic carbocycles. The zero-order chi connectivity index (χ0) is 25.6. The summed E-state index contributed by atoms with van der Waals surface area (Å²) in [4.78, 5) is 29.6. The summed E-state index contributed by atoms with van der Waals surface area (Å²) in [6, 6.07) is 26.5. The Bertz CT molecular complexity index is 1340. The van der Waals surface area contributed by atoms with Crippen molar-refractivity contribution in [1.82, 2.24) is 20.4 Å². The lowest BCUT2D eigenvalue weighted by Gasteiger charge is -2.34. The predicted octanol–water partition coefficient (Wildman–Crippen LogP) is 4.01. The number of anilines is 2. The highest BCUT2D eigenvalue weighted by atomic mass is 16.2. The van der Waals surface area contributed by atoms with Crippen LogP contribution in [0.1, 0.15) is 26.3 Å². The van der Waals surface area contributed by atoms with Crippen LogP contribution in [0.5, 0.6) is 0 Å². The van der Waals surface area contributed by atoms with E-state index in [0.29, 0.717) is 23.5 Å². The number of benzene rings is 3. The smallest absolute Gasteiger partial charge is 0.256 e. The second-order valence-corrected chi connectivity index (χ2v) is 9.20. The molecule has 2 amide bonds. The summed E-state index contributed by atoms with van der Waals surface area (Å²) in [6.07, 6.45) is 0. The van der Waals surface area contributed by atoms with E-state index in [1.165, 1.54) is 0 Å². The molecule has 1 aliphatic heterocycles. The first-order valence-corrected chi connectivity index (χ1v) is 12.4. The molecule has 8 nitrogen and oxygen atoms in total. The zero-order valence-corrected chi connectivity index (χ0v) is 20.8. The van der Waals surface area contributed by atoms with Gasteiger partial charge in [-0.15, -0.1) is 0 Å². The molecule has 37 heavy (non-hydrogen) atoms. The van der Waals surface area contributed by atoms with Crippen molar-refractivity contribution in [3.63, 3.8) is 0 Å². The van der Waals surface area contributed by atoms with Gasteiger partial charge in [-0.25, -0.2) is 0 Å². The van der Waals surface area contributed by atoms with Gasteiger partial charge in [-0.3, -0.25) is 14.7 Å². The molecular formula is C29H30N6O2. The van der Waals surface area contributed by atoms with Gasteiger partial charge in [0.1, 0.15) is 5.82 Å². The van der Waals surface area contributed by atoms with Crippen LogP contribution in [0.4, 0.5) is 11.5 Å². The van der Waals surface area contributed by atoms with E-state index < -0.39 is 0 Å². The Hall–Kier alpha value is -4.43. The molecule has 1 aromatic heterocycles. The molecule has 3 aromatic carbocycles. The lowest BCUT2D eigenvalue weighted by Crippen LogP contribution is -2.44. The third kappa shape index (κ3) is 6.05. The Kier molecular flexibility index (Phi) is 7.28. The molecule has 0 atom stereocenters. The fraction of sp³-hybridized carbons (Fsp3) is 0.207. The normalized spacial score (nSPS) is 13.8. The molecule has 0 radical (unpaired) electrons. The predicted molar refractivity (Wildman–Crippen MR) is 146 cm³/mol. The highest BCUT2D eigenvalue weighted by Gasteiger charge is 2.15. The minimum absolute atomic E-state index is 0.105. The van der Waals surface area contributed by atoms with Gasteiger partial charge < -0.3 is 20.4 Å². The van der Waals surface area contributed by atoms with Crippen LogP contribution in [0.3, 0.4) is 0 Å². The number of likely N-dealkylation sites (N-methyl/N-ethyl adjacent to an activating group) is 1. The van der Waals surface area contributed by atoms with E-state index in [1.807, 2.05) is 72.8 Å². The Morgan fingerprint density at radius 1 is 0.838 bits per heavy atom. The monoisotopic (exact) mass is 494 g/mol. The SMILES string of the molecule is CN1CCN(c2ccc(C(=O)Nc3cc(-c4ccc(CNC(=O)c5ccccc5)cc4)n[nH]3)cc2)CC1. The fourth-order valence-corrected chi connectivity index (χ4v) is 4.28. The van der Waals surface area contributed by atoms with Crippen LogP contribution in [0, 0.1) is 0 Å². The molecule has 2 heterocycles. The largest absolute Gasteiger partial charge is 0.369 e. The topological polar surface area (TPSA) is 93.4 Å². The summed E-state index contributed by atoms with van der Waals surface area (Å²) in [7, 11) is 2.13. The van der Waals surface area contributed by atoms with Crippen LogP contribution in [0.25, 0.3) is 11.3 Å². The van der Waals surface area contributed by atoms with Gasteiger partial charge in [0.25, 0.3) is 11.8 Å². The summed E-state index contributed by atoms with van der Waals surface area (Å²) in [5.74, 6) is 0.235. The number of nitrogens with zero attached hydrogens (tertiary/aromatic N) is 3. The number of aromatic amines is 1. The van der Waals surface area contributed by atoms with Crippen LogP contribution in [0.2, 0.25) is 0 Å². The molecule has 1 aliphatic rings. The molecule has 0 spiro atoms. The van der Waals surface area contributed by atoms with Crippen molar-refractivity contribution in [3.8, 4) is 11.3 Å². The summed E-state index contributed by atoms with van der Waals surface area (Å²) in [6.45, 7) is 4.49. The molecule has 8 heteroatoms. The van der Waals surface area contributed by atoms with Gasteiger partial charge in [-0.2, -0.15) is 5.10 Å². The zero-order valence-electron chi connectivity index (χ0n) is 20.8.